The molecule has 0 amide bonds. The fraction of sp³-hybridized carbons (Fsp3) is 0.455. The molecule has 2 unspecified atom stereocenters. The van der Waals surface area contributed by atoms with Gasteiger partial charge in [-0.2, -0.15) is 0 Å². The van der Waals surface area contributed by atoms with Crippen LogP contribution < -0.4 is 5.73 Å². The van der Waals surface area contributed by atoms with Crippen LogP contribution in [-0.4, -0.2) is 17.8 Å². The van der Waals surface area contributed by atoms with Crippen LogP contribution in [0.2, 0.25) is 10.0 Å². The predicted molar refractivity (Wildman–Crippen MR) is 64.6 cm³/mol. The summed E-state index contributed by atoms with van der Waals surface area (Å²) in [5, 5.41) is 10.9. The number of nitrogens with two attached hydrogens (primary N) is 1. The van der Waals surface area contributed by atoms with Gasteiger partial charge in [0.05, 0.1) is 6.10 Å². The smallest absolute Gasteiger partial charge is 0.0618 e. The molecule has 0 saturated carbocycles. The third kappa shape index (κ3) is 3.08. The molecule has 1 aromatic rings. The lowest BCUT2D eigenvalue weighted by Gasteiger charge is -2.21. The standard InChI is InChI=1S/C11H15Cl2NO/c1-2-11(15)9(6-14)8-4-3-7(12)5-10(8)13/h3-5,9,11,15H,2,6,14H2,1H3. The Kier molecular flexibility index (Phi) is 4.87. The average Bonchev–Trinajstić information content (AvgIpc) is 2.21. The highest BCUT2D eigenvalue weighted by Crippen LogP contribution is 2.29. The first-order valence-corrected chi connectivity index (χ1v) is 5.68. The van der Waals surface area contributed by atoms with Crippen LogP contribution >= 0.6 is 23.2 Å². The molecular weight excluding hydrogens is 233 g/mol. The van der Waals surface area contributed by atoms with Gasteiger partial charge < -0.3 is 10.8 Å². The number of hydrogen-bond acceptors (Lipinski definition) is 2. The van der Waals surface area contributed by atoms with Crippen LogP contribution in [0.15, 0.2) is 18.2 Å². The molecule has 1 rings (SSSR count). The van der Waals surface area contributed by atoms with E-state index in [1.54, 1.807) is 12.1 Å². The van der Waals surface area contributed by atoms with E-state index in [1.165, 1.54) is 0 Å². The highest BCUT2D eigenvalue weighted by molar-refractivity contribution is 6.35. The molecule has 3 N–H and O–H groups in total. The van der Waals surface area contributed by atoms with E-state index >= 15 is 0 Å². The molecular formula is C11H15Cl2NO. The Morgan fingerprint density at radius 3 is 2.53 bits per heavy atom. The number of benzene rings is 1. The minimum Gasteiger partial charge on any atom is -0.392 e. The molecule has 2 nitrogen and oxygen atoms in total. The first-order valence-electron chi connectivity index (χ1n) is 4.93. The van der Waals surface area contributed by atoms with Crippen LogP contribution in [0.3, 0.4) is 0 Å². The molecule has 0 spiro atoms. The zero-order valence-electron chi connectivity index (χ0n) is 8.58. The molecule has 2 atom stereocenters. The lowest BCUT2D eigenvalue weighted by atomic mass is 9.92. The molecule has 0 heterocycles. The topological polar surface area (TPSA) is 46.2 Å². The van der Waals surface area contributed by atoms with Gasteiger partial charge in [0, 0.05) is 22.5 Å². The normalized spacial score (nSPS) is 15.0. The molecule has 0 radical (unpaired) electrons. The van der Waals surface area contributed by atoms with E-state index in [0.717, 1.165) is 5.56 Å². The summed E-state index contributed by atoms with van der Waals surface area (Å²) in [7, 11) is 0. The van der Waals surface area contributed by atoms with Gasteiger partial charge in [-0.05, 0) is 24.1 Å². The van der Waals surface area contributed by atoms with Crippen molar-refractivity contribution in [1.82, 2.24) is 0 Å². The Morgan fingerprint density at radius 2 is 2.07 bits per heavy atom. The van der Waals surface area contributed by atoms with Gasteiger partial charge in [-0.25, -0.2) is 0 Å². The summed E-state index contributed by atoms with van der Waals surface area (Å²) in [5.41, 5.74) is 6.50. The molecule has 0 aliphatic rings. The largest absolute Gasteiger partial charge is 0.392 e. The van der Waals surface area contributed by atoms with E-state index in [-0.39, 0.29) is 5.92 Å². The SMILES string of the molecule is CCC(O)C(CN)c1ccc(Cl)cc1Cl. The van der Waals surface area contributed by atoms with E-state index in [0.29, 0.717) is 23.0 Å². The van der Waals surface area contributed by atoms with Crippen molar-refractivity contribution >= 4 is 23.2 Å². The van der Waals surface area contributed by atoms with Crippen molar-refractivity contribution in [2.75, 3.05) is 6.54 Å². The van der Waals surface area contributed by atoms with Crippen LogP contribution in [0.1, 0.15) is 24.8 Å². The molecule has 0 bridgehead atoms. The van der Waals surface area contributed by atoms with Crippen molar-refractivity contribution in [2.24, 2.45) is 5.73 Å². The van der Waals surface area contributed by atoms with Crippen molar-refractivity contribution in [3.8, 4) is 0 Å². The van der Waals surface area contributed by atoms with E-state index in [1.807, 2.05) is 13.0 Å². The second kappa shape index (κ2) is 5.71. The summed E-state index contributed by atoms with van der Waals surface area (Å²) in [6, 6.07) is 5.25. The zero-order valence-corrected chi connectivity index (χ0v) is 10.1. The lowest BCUT2D eigenvalue weighted by Crippen LogP contribution is -2.25. The Hall–Kier alpha value is -0.280. The quantitative estimate of drug-likeness (QED) is 0.860. The maximum atomic E-state index is 9.79. The minimum absolute atomic E-state index is 0.125. The summed E-state index contributed by atoms with van der Waals surface area (Å²) >= 11 is 11.9. The van der Waals surface area contributed by atoms with Gasteiger partial charge in [-0.3, -0.25) is 0 Å². The first kappa shape index (κ1) is 12.8. The Bertz CT molecular complexity index is 330. The van der Waals surface area contributed by atoms with Gasteiger partial charge in [0.1, 0.15) is 0 Å². The van der Waals surface area contributed by atoms with Crippen LogP contribution in [0.25, 0.3) is 0 Å². The summed E-state index contributed by atoms with van der Waals surface area (Å²) in [6.07, 6.45) is 0.189. The van der Waals surface area contributed by atoms with Crippen molar-refractivity contribution in [3.63, 3.8) is 0 Å². The highest BCUT2D eigenvalue weighted by Gasteiger charge is 2.20. The molecule has 1 aromatic carbocycles. The van der Waals surface area contributed by atoms with Gasteiger partial charge in [-0.1, -0.05) is 36.2 Å². The maximum absolute atomic E-state index is 9.79. The highest BCUT2D eigenvalue weighted by atomic mass is 35.5. The molecule has 0 aliphatic heterocycles. The number of hydrogen-bond donors (Lipinski definition) is 2. The minimum atomic E-state index is -0.464. The van der Waals surface area contributed by atoms with E-state index in [9.17, 15) is 5.11 Å². The van der Waals surface area contributed by atoms with Gasteiger partial charge in [0.2, 0.25) is 0 Å². The number of rotatable bonds is 4. The molecule has 0 aromatic heterocycles. The van der Waals surface area contributed by atoms with Gasteiger partial charge in [0.15, 0.2) is 0 Å². The third-order valence-corrected chi connectivity index (χ3v) is 3.06. The Balaban J connectivity index is 3.01. The monoisotopic (exact) mass is 247 g/mol. The summed E-state index contributed by atoms with van der Waals surface area (Å²) in [6.45, 7) is 2.29. The van der Waals surface area contributed by atoms with E-state index in [4.69, 9.17) is 28.9 Å². The summed E-state index contributed by atoms with van der Waals surface area (Å²) in [5.74, 6) is -0.125. The number of aliphatic hydroxyl groups excluding tert-OH is 1. The van der Waals surface area contributed by atoms with Crippen LogP contribution in [0.5, 0.6) is 0 Å². The molecule has 0 aliphatic carbocycles. The van der Waals surface area contributed by atoms with Crippen molar-refractivity contribution in [2.45, 2.75) is 25.4 Å². The van der Waals surface area contributed by atoms with Crippen molar-refractivity contribution in [3.05, 3.63) is 33.8 Å². The first-order chi connectivity index (χ1) is 7.10. The van der Waals surface area contributed by atoms with E-state index in [2.05, 4.69) is 0 Å². The second-order valence-electron chi connectivity index (χ2n) is 3.48. The molecule has 4 heteroatoms. The molecule has 84 valence electrons. The maximum Gasteiger partial charge on any atom is 0.0618 e. The van der Waals surface area contributed by atoms with Gasteiger partial charge in [-0.15, -0.1) is 0 Å². The average molecular weight is 248 g/mol. The third-order valence-electron chi connectivity index (χ3n) is 2.50. The predicted octanol–water partition coefficient (Wildman–Crippen LogP) is 2.81. The zero-order chi connectivity index (χ0) is 11.4. The van der Waals surface area contributed by atoms with E-state index < -0.39 is 6.10 Å². The van der Waals surface area contributed by atoms with Crippen LogP contribution in [0.4, 0.5) is 0 Å². The molecule has 0 saturated heterocycles. The fourth-order valence-corrected chi connectivity index (χ4v) is 2.13. The lowest BCUT2D eigenvalue weighted by molar-refractivity contribution is 0.141. The van der Waals surface area contributed by atoms with Gasteiger partial charge in [0.25, 0.3) is 0 Å². The second-order valence-corrected chi connectivity index (χ2v) is 4.33. The van der Waals surface area contributed by atoms with Gasteiger partial charge >= 0.3 is 0 Å². The fourth-order valence-electron chi connectivity index (χ4n) is 1.58. The number of aliphatic hydroxyl groups is 1. The summed E-state index contributed by atoms with van der Waals surface area (Å²) < 4.78 is 0. The molecule has 0 fully saturated rings. The number of halogens is 2. The Morgan fingerprint density at radius 1 is 1.40 bits per heavy atom. The van der Waals surface area contributed by atoms with Crippen molar-refractivity contribution in [1.29, 1.82) is 0 Å². The van der Waals surface area contributed by atoms with Crippen LogP contribution in [0, 0.1) is 0 Å². The Labute approximate surface area is 100.0 Å². The van der Waals surface area contributed by atoms with Crippen LogP contribution in [-0.2, 0) is 0 Å². The van der Waals surface area contributed by atoms with Crippen molar-refractivity contribution < 1.29 is 5.11 Å². The summed E-state index contributed by atoms with van der Waals surface area (Å²) in [4.78, 5) is 0. The molecule has 15 heavy (non-hydrogen) atoms.